The first kappa shape index (κ1) is 21.5. The molecule has 0 bridgehead atoms. The minimum atomic E-state index is 0. The van der Waals surface area contributed by atoms with E-state index in [1.807, 2.05) is 35.3 Å². The maximum absolute atomic E-state index is 2.17. The van der Waals surface area contributed by atoms with Crippen LogP contribution in [0, 0.1) is 107 Å². The molecule has 1 saturated heterocycles. The Morgan fingerprint density at radius 1 is 0.583 bits per heavy atom. The number of hydrogen-bond acceptors (Lipinski definition) is 3. The summed E-state index contributed by atoms with van der Waals surface area (Å²) in [5.74, 6) is 0. The summed E-state index contributed by atoms with van der Waals surface area (Å²) in [6.45, 7) is 6.51. The summed E-state index contributed by atoms with van der Waals surface area (Å²) in [6, 6.07) is 0. The zero-order chi connectivity index (χ0) is 6.85. The third-order valence-electron chi connectivity index (χ3n) is 0.862. The summed E-state index contributed by atoms with van der Waals surface area (Å²) in [7, 11) is 0. The first-order valence-electron chi connectivity index (χ1n) is 2.72. The molecule has 0 nitrogen and oxygen atoms in total. The topological polar surface area (TPSA) is 0 Å². The van der Waals surface area contributed by atoms with Gasteiger partial charge in [0.2, 0.25) is 0 Å². The van der Waals surface area contributed by atoms with Crippen LogP contribution in [0.3, 0.4) is 0 Å². The molecule has 0 saturated carbocycles. The Morgan fingerprint density at radius 2 is 0.750 bits per heavy atom. The quantitative estimate of drug-likeness (QED) is 0.341. The van der Waals surface area contributed by atoms with E-state index < -0.39 is 0 Å². The molecule has 12 heavy (non-hydrogen) atoms. The van der Waals surface area contributed by atoms with E-state index >= 15 is 0 Å². The van der Waals surface area contributed by atoms with Crippen molar-refractivity contribution in [1.29, 1.82) is 0 Å². The van der Waals surface area contributed by atoms with Crippen LogP contribution >= 0.6 is 35.3 Å². The monoisotopic (exact) mass is 891 g/mol. The summed E-state index contributed by atoms with van der Waals surface area (Å²) < 4.78 is 4.34. The molecule has 1 aliphatic heterocycles. The molecule has 0 amide bonds. The fraction of sp³-hybridized carbons (Fsp3) is 0.500. The Labute approximate surface area is 160 Å². The van der Waals surface area contributed by atoms with Crippen LogP contribution in [0.1, 0.15) is 20.8 Å². The SMILES string of the molecule is C[C-]1S[C-](C)S[C-](C)S1.[U].[U].[U]. The molecule has 0 aromatic heterocycles. The van der Waals surface area contributed by atoms with Gasteiger partial charge < -0.3 is 35.3 Å². The smallest absolute Gasteiger partial charge is 0 e. The zero-order valence-corrected chi connectivity index (χ0v) is 22.2. The second-order valence-electron chi connectivity index (χ2n) is 1.78. The van der Waals surface area contributed by atoms with Crippen molar-refractivity contribution in [3.63, 3.8) is 0 Å². The molecule has 1 heterocycles. The van der Waals surface area contributed by atoms with Crippen molar-refractivity contribution in [2.24, 2.45) is 0 Å². The molecule has 66 valence electrons. The fourth-order valence-electron chi connectivity index (χ4n) is 0.670. The van der Waals surface area contributed by atoms with Gasteiger partial charge in [-0.15, -0.1) is 0 Å². The third kappa shape index (κ3) is 9.43. The second-order valence-corrected chi connectivity index (χ2v) is 6.84. The maximum atomic E-state index is 2.17. The Balaban J connectivity index is -0.000000270. The number of rotatable bonds is 0. The molecule has 0 aromatic rings. The van der Waals surface area contributed by atoms with Gasteiger partial charge in [0.1, 0.15) is 0 Å². The van der Waals surface area contributed by atoms with Gasteiger partial charge in [-0.05, 0) is 0 Å². The van der Waals surface area contributed by atoms with Gasteiger partial charge in [0.15, 0.2) is 0 Å². The molecule has 1 rings (SSSR count). The molecule has 0 atom stereocenters. The van der Waals surface area contributed by atoms with Crippen LogP contribution in [0.15, 0.2) is 0 Å². The van der Waals surface area contributed by atoms with Crippen LogP contribution in [0.25, 0.3) is 0 Å². The van der Waals surface area contributed by atoms with Crippen LogP contribution in [-0.2, 0) is 0 Å². The molecule has 0 unspecified atom stereocenters. The van der Waals surface area contributed by atoms with E-state index in [0.717, 1.165) is 0 Å². The van der Waals surface area contributed by atoms with Crippen molar-refractivity contribution in [1.82, 2.24) is 0 Å². The first-order chi connectivity index (χ1) is 4.18. The Bertz CT molecular complexity index is 79.0. The first-order valence-corrected chi connectivity index (χ1v) is 5.17. The van der Waals surface area contributed by atoms with Crippen molar-refractivity contribution in [3.8, 4) is 0 Å². The van der Waals surface area contributed by atoms with Crippen LogP contribution in [0.5, 0.6) is 0 Å². The van der Waals surface area contributed by atoms with Crippen molar-refractivity contribution < 1.29 is 93.3 Å². The Morgan fingerprint density at radius 3 is 0.917 bits per heavy atom. The van der Waals surface area contributed by atoms with E-state index in [2.05, 4.69) is 20.8 Å². The molecule has 1 aliphatic rings. The number of hydrogen-bond donors (Lipinski definition) is 0. The van der Waals surface area contributed by atoms with Gasteiger partial charge in [-0.25, -0.2) is 0 Å². The van der Waals surface area contributed by atoms with E-state index in [0.29, 0.717) is 0 Å². The fourth-order valence-corrected chi connectivity index (χ4v) is 5.11. The third-order valence-corrected chi connectivity index (χ3v) is 4.09. The molecule has 0 aliphatic carbocycles. The van der Waals surface area contributed by atoms with Crippen LogP contribution in [0.4, 0.5) is 0 Å². The van der Waals surface area contributed by atoms with Crippen molar-refractivity contribution in [2.75, 3.05) is 0 Å². The average molecular weight is 891 g/mol. The van der Waals surface area contributed by atoms with E-state index in [4.69, 9.17) is 0 Å². The van der Waals surface area contributed by atoms with E-state index in [1.165, 1.54) is 13.7 Å². The van der Waals surface area contributed by atoms with E-state index in [-0.39, 0.29) is 93.3 Å². The predicted octanol–water partition coefficient (Wildman–Crippen LogP) is 3.73. The largest absolute Gasteiger partial charge is 0.520 e. The zero-order valence-electron chi connectivity index (χ0n) is 7.22. The van der Waals surface area contributed by atoms with Gasteiger partial charge >= 0.3 is 0 Å². The van der Waals surface area contributed by atoms with Gasteiger partial charge in [-0.1, -0.05) is 0 Å². The van der Waals surface area contributed by atoms with Crippen molar-refractivity contribution in [2.45, 2.75) is 20.8 Å². The second kappa shape index (κ2) is 11.7. The van der Waals surface area contributed by atoms with E-state index in [1.54, 1.807) is 0 Å². The number of thioether (sulfide) groups is 3. The summed E-state index contributed by atoms with van der Waals surface area (Å²) in [6.07, 6.45) is 0. The van der Waals surface area contributed by atoms with Crippen LogP contribution in [0.2, 0.25) is 0 Å². The van der Waals surface area contributed by atoms with Crippen molar-refractivity contribution >= 4 is 35.3 Å². The van der Waals surface area contributed by atoms with Gasteiger partial charge in [0.05, 0.1) is 0 Å². The summed E-state index contributed by atoms with van der Waals surface area (Å²) >= 11 is 5.65. The average Bonchev–Trinajstić information content (AvgIpc) is 1.59. The molecular weight excluding hydrogens is 882 g/mol. The molecule has 1 fully saturated rings. The Hall–Kier alpha value is 4.21. The van der Waals surface area contributed by atoms with Crippen LogP contribution < -0.4 is 0 Å². The normalized spacial score (nSPS) is 20.2. The maximum Gasteiger partial charge on any atom is 0 e. The molecule has 0 spiro atoms. The molecule has 6 heteroatoms. The summed E-state index contributed by atoms with van der Waals surface area (Å²) in [4.78, 5) is 0. The standard InChI is InChI=1S/C6H9S3.3U/c1-4-7-5(2)9-6(3)8-4;;;/h1-3H3;;;/q-3;;;. The van der Waals surface area contributed by atoms with Gasteiger partial charge in [-0.2, -0.15) is 20.8 Å². The molecule has 0 radical (unpaired) electrons. The molecule has 0 aromatic carbocycles. The minimum Gasteiger partial charge on any atom is -0.520 e. The van der Waals surface area contributed by atoms with Gasteiger partial charge in [0.25, 0.3) is 0 Å². The van der Waals surface area contributed by atoms with Crippen LogP contribution in [-0.4, -0.2) is 0 Å². The Kier molecular flexibility index (Phi) is 20.9. The minimum absolute atomic E-state index is 0. The summed E-state index contributed by atoms with van der Waals surface area (Å²) in [5, 5.41) is 0. The summed E-state index contributed by atoms with van der Waals surface area (Å²) in [5.41, 5.74) is 0. The van der Waals surface area contributed by atoms with Gasteiger partial charge in [-0.3, -0.25) is 13.7 Å². The van der Waals surface area contributed by atoms with E-state index in [9.17, 15) is 0 Å². The molecule has 0 N–H and O–H groups in total. The van der Waals surface area contributed by atoms with Crippen molar-refractivity contribution in [3.05, 3.63) is 13.7 Å². The molecular formula is C6H9S3U3-3. The predicted molar refractivity (Wildman–Crippen MR) is 49.5 cm³/mol. The van der Waals surface area contributed by atoms with Gasteiger partial charge in [0, 0.05) is 93.3 Å².